The average molecular weight is 343 g/mol. The van der Waals surface area contributed by atoms with Crippen LogP contribution in [0.5, 0.6) is 0 Å². The molecule has 2 aromatic carbocycles. The van der Waals surface area contributed by atoms with Gasteiger partial charge in [0.05, 0.1) is 18.0 Å². The van der Waals surface area contributed by atoms with Crippen LogP contribution < -0.4 is 5.56 Å². The van der Waals surface area contributed by atoms with Crippen LogP contribution in [0.2, 0.25) is 0 Å². The van der Waals surface area contributed by atoms with E-state index in [0.29, 0.717) is 5.39 Å². The smallest absolute Gasteiger partial charge is 0.297 e. The number of fused-ring (bicyclic) bond motifs is 1. The van der Waals surface area contributed by atoms with E-state index in [4.69, 9.17) is 4.18 Å². The van der Waals surface area contributed by atoms with Crippen LogP contribution in [0.3, 0.4) is 0 Å². The molecule has 1 aromatic heterocycles. The van der Waals surface area contributed by atoms with Gasteiger partial charge in [-0.15, -0.1) is 0 Å². The lowest BCUT2D eigenvalue weighted by Crippen LogP contribution is -2.22. The molecule has 1 heterocycles. The van der Waals surface area contributed by atoms with Crippen molar-refractivity contribution < 1.29 is 12.6 Å². The molecule has 0 saturated carbocycles. The van der Waals surface area contributed by atoms with Crippen LogP contribution in [0.4, 0.5) is 0 Å². The first kappa shape index (κ1) is 16.4. The van der Waals surface area contributed by atoms with E-state index in [1.807, 2.05) is 25.1 Å². The number of aromatic nitrogens is 1. The van der Waals surface area contributed by atoms with E-state index in [9.17, 15) is 13.2 Å². The molecule has 0 bridgehead atoms. The number of pyridine rings is 1. The molecule has 0 aliphatic rings. The Morgan fingerprint density at radius 1 is 1.00 bits per heavy atom. The summed E-state index contributed by atoms with van der Waals surface area (Å²) in [7, 11) is -3.82. The van der Waals surface area contributed by atoms with Gasteiger partial charge in [-0.3, -0.25) is 8.98 Å². The summed E-state index contributed by atoms with van der Waals surface area (Å²) in [6, 6.07) is 15.5. The molecule has 0 fully saturated rings. The number of benzene rings is 2. The minimum Gasteiger partial charge on any atom is -0.313 e. The summed E-state index contributed by atoms with van der Waals surface area (Å²) < 4.78 is 30.7. The van der Waals surface area contributed by atoms with Crippen LogP contribution in [-0.2, 0) is 20.8 Å². The molecule has 3 aromatic rings. The van der Waals surface area contributed by atoms with Crippen molar-refractivity contribution in [1.29, 1.82) is 0 Å². The van der Waals surface area contributed by atoms with E-state index in [0.717, 1.165) is 10.9 Å². The third-order valence-corrected chi connectivity index (χ3v) is 5.09. The Labute approximate surface area is 140 Å². The number of nitrogens with zero attached hydrogens (tertiary/aromatic N) is 1. The highest BCUT2D eigenvalue weighted by molar-refractivity contribution is 7.86. The Balaban J connectivity index is 1.73. The van der Waals surface area contributed by atoms with E-state index in [1.165, 1.54) is 16.7 Å². The lowest BCUT2D eigenvalue weighted by molar-refractivity contribution is 0.299. The van der Waals surface area contributed by atoms with Crippen molar-refractivity contribution in [3.05, 3.63) is 76.7 Å². The Hall–Kier alpha value is -2.44. The van der Waals surface area contributed by atoms with Crippen LogP contribution in [0.1, 0.15) is 5.56 Å². The van der Waals surface area contributed by atoms with E-state index in [-0.39, 0.29) is 23.6 Å². The first-order chi connectivity index (χ1) is 11.5. The number of hydrogen-bond donors (Lipinski definition) is 0. The standard InChI is InChI=1S/C18H17NO4S/c1-14-6-8-16(9-7-14)24(21,22)23-13-12-19-11-10-15-4-2-3-5-17(15)18(19)20/h2-11H,12-13H2,1H3. The van der Waals surface area contributed by atoms with Gasteiger partial charge in [0, 0.05) is 11.6 Å². The van der Waals surface area contributed by atoms with Crippen LogP contribution in [-0.4, -0.2) is 19.6 Å². The summed E-state index contributed by atoms with van der Waals surface area (Å²) >= 11 is 0. The molecule has 0 N–H and O–H groups in total. The molecule has 0 saturated heterocycles. The minimum absolute atomic E-state index is 0.103. The molecule has 24 heavy (non-hydrogen) atoms. The second kappa shape index (κ2) is 6.59. The fourth-order valence-corrected chi connectivity index (χ4v) is 3.32. The Morgan fingerprint density at radius 2 is 1.71 bits per heavy atom. The minimum atomic E-state index is -3.82. The van der Waals surface area contributed by atoms with E-state index in [1.54, 1.807) is 30.5 Å². The van der Waals surface area contributed by atoms with Gasteiger partial charge in [0.25, 0.3) is 15.7 Å². The zero-order chi connectivity index (χ0) is 17.2. The van der Waals surface area contributed by atoms with Crippen molar-refractivity contribution in [1.82, 2.24) is 4.57 Å². The van der Waals surface area contributed by atoms with Gasteiger partial charge in [-0.1, -0.05) is 35.9 Å². The zero-order valence-corrected chi connectivity index (χ0v) is 14.0. The third-order valence-electron chi connectivity index (χ3n) is 3.77. The predicted molar refractivity (Wildman–Crippen MR) is 92.5 cm³/mol. The van der Waals surface area contributed by atoms with Gasteiger partial charge in [-0.2, -0.15) is 8.42 Å². The molecule has 0 unspecified atom stereocenters. The average Bonchev–Trinajstić information content (AvgIpc) is 2.57. The quantitative estimate of drug-likeness (QED) is 0.668. The maximum absolute atomic E-state index is 12.3. The zero-order valence-electron chi connectivity index (χ0n) is 13.2. The summed E-state index contributed by atoms with van der Waals surface area (Å²) in [5.41, 5.74) is 0.807. The predicted octanol–water partition coefficient (Wildman–Crippen LogP) is 2.72. The Morgan fingerprint density at radius 3 is 2.46 bits per heavy atom. The topological polar surface area (TPSA) is 65.4 Å². The van der Waals surface area contributed by atoms with E-state index in [2.05, 4.69) is 0 Å². The van der Waals surface area contributed by atoms with Gasteiger partial charge in [0.2, 0.25) is 0 Å². The van der Waals surface area contributed by atoms with E-state index >= 15 is 0 Å². The van der Waals surface area contributed by atoms with Crippen molar-refractivity contribution >= 4 is 20.9 Å². The molecular formula is C18H17NO4S. The highest BCUT2D eigenvalue weighted by Gasteiger charge is 2.14. The van der Waals surface area contributed by atoms with Crippen molar-refractivity contribution in [3.8, 4) is 0 Å². The van der Waals surface area contributed by atoms with Crippen molar-refractivity contribution in [3.63, 3.8) is 0 Å². The lowest BCUT2D eigenvalue weighted by Gasteiger charge is -2.09. The SMILES string of the molecule is Cc1ccc(S(=O)(=O)OCCn2ccc3ccccc3c2=O)cc1. The fraction of sp³-hybridized carbons (Fsp3) is 0.167. The maximum atomic E-state index is 12.3. The summed E-state index contributed by atoms with van der Waals surface area (Å²) in [5, 5.41) is 1.45. The summed E-state index contributed by atoms with van der Waals surface area (Å²) in [5.74, 6) is 0. The molecule has 0 radical (unpaired) electrons. The first-order valence-electron chi connectivity index (χ1n) is 7.52. The van der Waals surface area contributed by atoms with Crippen molar-refractivity contribution in [2.45, 2.75) is 18.4 Å². The van der Waals surface area contributed by atoms with Crippen molar-refractivity contribution in [2.75, 3.05) is 6.61 Å². The van der Waals surface area contributed by atoms with Gasteiger partial charge in [0.15, 0.2) is 0 Å². The number of hydrogen-bond acceptors (Lipinski definition) is 4. The van der Waals surface area contributed by atoms with Crippen LogP contribution in [0.25, 0.3) is 10.8 Å². The van der Waals surface area contributed by atoms with Gasteiger partial charge < -0.3 is 4.57 Å². The lowest BCUT2D eigenvalue weighted by atomic mass is 10.2. The van der Waals surface area contributed by atoms with Crippen LogP contribution in [0.15, 0.2) is 70.5 Å². The summed E-state index contributed by atoms with van der Waals surface area (Å²) in [4.78, 5) is 12.5. The normalized spacial score (nSPS) is 11.7. The second-order valence-electron chi connectivity index (χ2n) is 5.49. The van der Waals surface area contributed by atoms with E-state index < -0.39 is 10.1 Å². The molecular weight excluding hydrogens is 326 g/mol. The number of aryl methyl sites for hydroxylation is 1. The second-order valence-corrected chi connectivity index (χ2v) is 7.11. The molecule has 0 amide bonds. The maximum Gasteiger partial charge on any atom is 0.297 e. The highest BCUT2D eigenvalue weighted by Crippen LogP contribution is 2.13. The number of rotatable bonds is 5. The van der Waals surface area contributed by atoms with Gasteiger partial charge >= 0.3 is 0 Å². The summed E-state index contributed by atoms with van der Waals surface area (Å²) in [6.45, 7) is 1.94. The molecule has 6 heteroatoms. The highest BCUT2D eigenvalue weighted by atomic mass is 32.2. The largest absolute Gasteiger partial charge is 0.313 e. The molecule has 0 aliphatic heterocycles. The monoisotopic (exact) mass is 343 g/mol. The van der Waals surface area contributed by atoms with Crippen LogP contribution >= 0.6 is 0 Å². The first-order valence-corrected chi connectivity index (χ1v) is 8.92. The molecule has 124 valence electrons. The van der Waals surface area contributed by atoms with Gasteiger partial charge in [-0.05, 0) is 36.6 Å². The summed E-state index contributed by atoms with van der Waals surface area (Å²) in [6.07, 6.45) is 1.65. The van der Waals surface area contributed by atoms with Gasteiger partial charge in [0.1, 0.15) is 0 Å². The Bertz CT molecular complexity index is 1020. The van der Waals surface area contributed by atoms with Crippen molar-refractivity contribution in [2.24, 2.45) is 0 Å². The molecule has 5 nitrogen and oxygen atoms in total. The fourth-order valence-electron chi connectivity index (χ4n) is 2.42. The molecule has 0 spiro atoms. The third kappa shape index (κ3) is 3.39. The van der Waals surface area contributed by atoms with Crippen LogP contribution in [0, 0.1) is 6.92 Å². The molecule has 0 aliphatic carbocycles. The molecule has 0 atom stereocenters. The molecule has 3 rings (SSSR count). The van der Waals surface area contributed by atoms with Gasteiger partial charge in [-0.25, -0.2) is 0 Å². The Kier molecular flexibility index (Phi) is 4.51.